The van der Waals surface area contributed by atoms with Crippen molar-refractivity contribution in [1.82, 2.24) is 15.0 Å². The molecule has 2 amide bonds. The van der Waals surface area contributed by atoms with E-state index in [1.807, 2.05) is 36.1 Å². The van der Waals surface area contributed by atoms with E-state index in [4.69, 9.17) is 16.1 Å². The number of aromatic nitrogens is 1. The Kier molecular flexibility index (Phi) is 6.67. The van der Waals surface area contributed by atoms with Crippen molar-refractivity contribution in [3.63, 3.8) is 0 Å². The van der Waals surface area contributed by atoms with Crippen LogP contribution in [0.25, 0.3) is 0 Å². The maximum atomic E-state index is 13.1. The number of hydrogen-bond donors (Lipinski definition) is 1. The number of likely N-dealkylation sites (tertiary alicyclic amines) is 1. The highest BCUT2D eigenvalue weighted by Gasteiger charge is 2.36. The number of carbonyl (C=O) groups excluding carboxylic acids is 1. The quantitative estimate of drug-likeness (QED) is 0.714. The van der Waals surface area contributed by atoms with E-state index in [0.717, 1.165) is 56.2 Å². The molecule has 174 valence electrons. The van der Waals surface area contributed by atoms with E-state index >= 15 is 0 Å². The second kappa shape index (κ2) is 9.32. The summed E-state index contributed by atoms with van der Waals surface area (Å²) in [5.41, 5.74) is 2.61. The molecule has 2 saturated heterocycles. The molecule has 0 bridgehead atoms. The van der Waals surface area contributed by atoms with Crippen LogP contribution in [0.2, 0.25) is 5.02 Å². The minimum atomic E-state index is -0.0986. The van der Waals surface area contributed by atoms with Crippen LogP contribution in [0.5, 0.6) is 0 Å². The van der Waals surface area contributed by atoms with Crippen molar-refractivity contribution >= 4 is 29.0 Å². The zero-order valence-corrected chi connectivity index (χ0v) is 20.3. The van der Waals surface area contributed by atoms with E-state index in [1.165, 1.54) is 0 Å². The maximum Gasteiger partial charge on any atom is 0.321 e. The first kappa shape index (κ1) is 22.9. The molecule has 0 spiro atoms. The lowest BCUT2D eigenvalue weighted by atomic mass is 9.77. The highest BCUT2D eigenvalue weighted by Crippen LogP contribution is 2.37. The minimum Gasteiger partial charge on any atom is -0.367 e. The number of amides is 2. The molecule has 2 fully saturated rings. The maximum absolute atomic E-state index is 13.1. The fourth-order valence-electron chi connectivity index (χ4n) is 4.68. The lowest BCUT2D eigenvalue weighted by molar-refractivity contribution is 0.170. The predicted molar refractivity (Wildman–Crippen MR) is 129 cm³/mol. The van der Waals surface area contributed by atoms with Gasteiger partial charge in [0.05, 0.1) is 22.1 Å². The van der Waals surface area contributed by atoms with E-state index in [0.29, 0.717) is 29.8 Å². The summed E-state index contributed by atoms with van der Waals surface area (Å²) >= 11 is 6.55. The number of nitrogens with one attached hydrogen (secondary N) is 1. The molecule has 4 rings (SSSR count). The van der Waals surface area contributed by atoms with Crippen molar-refractivity contribution in [3.05, 3.63) is 40.7 Å². The Balaban J connectivity index is 1.42. The monoisotopic (exact) mass is 459 g/mol. The van der Waals surface area contributed by atoms with Crippen LogP contribution in [0.1, 0.15) is 45.1 Å². The molecular weight excluding hydrogens is 426 g/mol. The number of piperazine rings is 1. The smallest absolute Gasteiger partial charge is 0.321 e. The summed E-state index contributed by atoms with van der Waals surface area (Å²) in [4.78, 5) is 19.8. The van der Waals surface area contributed by atoms with Crippen LogP contribution in [0.4, 0.5) is 16.2 Å². The Labute approximate surface area is 195 Å². The first-order valence-electron chi connectivity index (χ1n) is 11.5. The first-order chi connectivity index (χ1) is 15.3. The third-order valence-corrected chi connectivity index (χ3v) is 7.32. The van der Waals surface area contributed by atoms with Crippen LogP contribution in [0.3, 0.4) is 0 Å². The summed E-state index contributed by atoms with van der Waals surface area (Å²) in [6.45, 7) is 13.7. The number of aryl methyl sites for hydroxylation is 1. The van der Waals surface area contributed by atoms with Gasteiger partial charge in [-0.3, -0.25) is 4.90 Å². The molecule has 8 heteroatoms. The molecule has 2 aliphatic heterocycles. The van der Waals surface area contributed by atoms with Gasteiger partial charge < -0.3 is 19.6 Å². The van der Waals surface area contributed by atoms with Crippen molar-refractivity contribution in [1.29, 1.82) is 0 Å². The number of nitrogens with zero attached hydrogens (tertiary/aromatic N) is 4. The van der Waals surface area contributed by atoms with Gasteiger partial charge in [0.25, 0.3) is 0 Å². The summed E-state index contributed by atoms with van der Waals surface area (Å²) in [6, 6.07) is 8.29. The number of urea groups is 1. The molecule has 3 heterocycles. The molecule has 0 atom stereocenters. The Bertz CT molecular complexity index is 944. The molecule has 1 aromatic heterocycles. The van der Waals surface area contributed by atoms with Crippen molar-refractivity contribution in [2.24, 2.45) is 0 Å². The highest BCUT2D eigenvalue weighted by atomic mass is 35.5. The van der Waals surface area contributed by atoms with Crippen LogP contribution >= 0.6 is 11.6 Å². The number of para-hydroxylation sites is 1. The number of halogens is 1. The van der Waals surface area contributed by atoms with Crippen molar-refractivity contribution < 1.29 is 9.32 Å². The van der Waals surface area contributed by atoms with E-state index in [1.54, 1.807) is 0 Å². The molecule has 0 unspecified atom stereocenters. The Morgan fingerprint density at radius 3 is 2.44 bits per heavy atom. The number of anilines is 2. The Morgan fingerprint density at radius 2 is 1.84 bits per heavy atom. The fourth-order valence-corrected chi connectivity index (χ4v) is 4.89. The van der Waals surface area contributed by atoms with E-state index in [-0.39, 0.29) is 11.4 Å². The third kappa shape index (κ3) is 4.74. The molecule has 2 aliphatic rings. The van der Waals surface area contributed by atoms with Gasteiger partial charge >= 0.3 is 6.03 Å². The lowest BCUT2D eigenvalue weighted by Crippen LogP contribution is -2.49. The third-order valence-electron chi connectivity index (χ3n) is 7.01. The van der Waals surface area contributed by atoms with Crippen molar-refractivity contribution in [2.45, 2.75) is 52.0 Å². The second-order valence-corrected chi connectivity index (χ2v) is 9.96. The normalized spacial score (nSPS) is 19.4. The second-order valence-electron chi connectivity index (χ2n) is 9.55. The average Bonchev–Trinajstić information content (AvgIpc) is 3.23. The van der Waals surface area contributed by atoms with E-state index in [9.17, 15) is 4.79 Å². The number of carbonyl (C=O) groups is 1. The predicted octanol–water partition coefficient (Wildman–Crippen LogP) is 4.75. The minimum absolute atomic E-state index is 0.0693. The lowest BCUT2D eigenvalue weighted by Gasteiger charge is -2.40. The molecule has 2 aromatic rings. The molecule has 0 saturated carbocycles. The first-order valence-corrected chi connectivity index (χ1v) is 11.9. The van der Waals surface area contributed by atoms with Crippen molar-refractivity contribution in [2.75, 3.05) is 49.5 Å². The number of rotatable bonds is 4. The van der Waals surface area contributed by atoms with Crippen LogP contribution in [-0.2, 0) is 5.41 Å². The number of piperidine rings is 1. The summed E-state index contributed by atoms with van der Waals surface area (Å²) in [6.07, 6.45) is 1.69. The van der Waals surface area contributed by atoms with E-state index < -0.39 is 0 Å². The molecule has 1 N–H and O–H groups in total. The highest BCUT2D eigenvalue weighted by molar-refractivity contribution is 6.34. The van der Waals surface area contributed by atoms with Crippen molar-refractivity contribution in [3.8, 4) is 0 Å². The molecule has 0 aliphatic carbocycles. The van der Waals surface area contributed by atoms with Gasteiger partial charge in [-0.05, 0) is 45.7 Å². The van der Waals surface area contributed by atoms with Crippen LogP contribution in [0, 0.1) is 6.92 Å². The topological polar surface area (TPSA) is 64.9 Å². The van der Waals surface area contributed by atoms with Crippen LogP contribution < -0.4 is 10.2 Å². The summed E-state index contributed by atoms with van der Waals surface area (Å²) < 4.78 is 5.27. The average molecular weight is 460 g/mol. The molecule has 0 radical (unpaired) electrons. The molecule has 1 aromatic carbocycles. The van der Waals surface area contributed by atoms with Gasteiger partial charge in [0.15, 0.2) is 0 Å². The zero-order chi connectivity index (χ0) is 22.9. The van der Waals surface area contributed by atoms with Gasteiger partial charge in [-0.25, -0.2) is 4.79 Å². The van der Waals surface area contributed by atoms with E-state index in [2.05, 4.69) is 41.0 Å². The molecular formula is C24H34ClN5O2. The summed E-state index contributed by atoms with van der Waals surface area (Å²) in [5.74, 6) is 0.821. The van der Waals surface area contributed by atoms with Gasteiger partial charge in [-0.1, -0.05) is 29.7 Å². The van der Waals surface area contributed by atoms with Crippen LogP contribution in [-0.4, -0.2) is 66.3 Å². The fraction of sp³-hybridized carbons (Fsp3) is 0.583. The van der Waals surface area contributed by atoms with Crippen LogP contribution in [0.15, 0.2) is 28.8 Å². The number of benzene rings is 1. The van der Waals surface area contributed by atoms with Gasteiger partial charge in [0.1, 0.15) is 5.76 Å². The molecule has 32 heavy (non-hydrogen) atoms. The van der Waals surface area contributed by atoms with Gasteiger partial charge in [0.2, 0.25) is 0 Å². The van der Waals surface area contributed by atoms with Gasteiger partial charge in [-0.15, -0.1) is 0 Å². The van der Waals surface area contributed by atoms with Gasteiger partial charge in [-0.2, -0.15) is 0 Å². The SMILES string of the molecule is Cc1cc(C2(C)CCN(C(=O)Nc3c(Cl)cccc3N3CCN(C(C)C)CC3)CC2)no1. The summed E-state index contributed by atoms with van der Waals surface area (Å²) in [5, 5.41) is 7.91. The zero-order valence-electron chi connectivity index (χ0n) is 19.5. The molecule has 7 nitrogen and oxygen atoms in total. The Morgan fingerprint density at radius 1 is 1.16 bits per heavy atom. The van der Waals surface area contributed by atoms with Gasteiger partial charge in [0, 0.05) is 56.8 Å². The number of hydrogen-bond acceptors (Lipinski definition) is 5. The summed E-state index contributed by atoms with van der Waals surface area (Å²) in [7, 11) is 0. The Hall–Kier alpha value is -2.25. The standard InChI is InChI=1S/C24H34ClN5O2/c1-17(2)28-12-14-29(15-13-28)20-7-5-6-19(25)22(20)26-23(31)30-10-8-24(4,9-11-30)21-16-18(3)32-27-21/h5-7,16-17H,8-15H2,1-4H3,(H,26,31). The largest absolute Gasteiger partial charge is 0.367 e.